The summed E-state index contributed by atoms with van der Waals surface area (Å²) >= 11 is 1.79. The zero-order chi connectivity index (χ0) is 18.8. The smallest absolute Gasteiger partial charge is 0.227 e. The Bertz CT molecular complexity index is 893. The molecule has 1 fully saturated rings. The first-order valence-electron chi connectivity index (χ1n) is 9.58. The van der Waals surface area contributed by atoms with Gasteiger partial charge in [0.1, 0.15) is 0 Å². The number of amides is 1. The fourth-order valence-corrected chi connectivity index (χ4v) is 4.95. The molecule has 4 rings (SSSR count). The lowest BCUT2D eigenvalue weighted by molar-refractivity contribution is -0.136. The molecule has 1 aliphatic heterocycles. The first-order chi connectivity index (χ1) is 13.1. The maximum Gasteiger partial charge on any atom is 0.227 e. The number of likely N-dealkylation sites (tertiary alicyclic amines) is 1. The quantitative estimate of drug-likeness (QED) is 0.593. The molecule has 1 saturated heterocycles. The van der Waals surface area contributed by atoms with Gasteiger partial charge in [0.25, 0.3) is 0 Å². The van der Waals surface area contributed by atoms with Crippen molar-refractivity contribution in [1.29, 1.82) is 0 Å². The Morgan fingerprint density at radius 1 is 1.07 bits per heavy atom. The summed E-state index contributed by atoms with van der Waals surface area (Å²) in [6, 6.07) is 17.9. The van der Waals surface area contributed by atoms with Gasteiger partial charge in [-0.15, -0.1) is 36.2 Å². The minimum atomic E-state index is -0.263. The first kappa shape index (κ1) is 23.6. The topological polar surface area (TPSA) is 59.2 Å². The highest BCUT2D eigenvalue weighted by Crippen LogP contribution is 2.34. The van der Waals surface area contributed by atoms with Crippen molar-refractivity contribution in [2.75, 3.05) is 13.1 Å². The van der Waals surface area contributed by atoms with Crippen LogP contribution in [-0.2, 0) is 4.79 Å². The van der Waals surface area contributed by atoms with Gasteiger partial charge in [-0.25, -0.2) is 4.98 Å². The number of aromatic nitrogens is 1. The molecule has 1 aromatic heterocycles. The Morgan fingerprint density at radius 2 is 1.69 bits per heavy atom. The average molecular weight is 452 g/mol. The maximum atomic E-state index is 12.9. The number of benzene rings is 2. The van der Waals surface area contributed by atoms with Crippen LogP contribution in [0, 0.1) is 5.92 Å². The van der Waals surface area contributed by atoms with Crippen LogP contribution in [0.25, 0.3) is 10.2 Å². The summed E-state index contributed by atoms with van der Waals surface area (Å²) in [6.07, 6.45) is 1.94. The van der Waals surface area contributed by atoms with Crippen LogP contribution in [0.3, 0.4) is 0 Å². The third-order valence-corrected chi connectivity index (χ3v) is 6.78. The summed E-state index contributed by atoms with van der Waals surface area (Å²) in [6.45, 7) is 3.51. The zero-order valence-corrected chi connectivity index (χ0v) is 18.8. The van der Waals surface area contributed by atoms with Crippen LogP contribution in [0.2, 0.25) is 0 Å². The zero-order valence-electron chi connectivity index (χ0n) is 16.4. The minimum Gasteiger partial charge on any atom is -0.342 e. The Kier molecular flexibility index (Phi) is 8.46. The fourth-order valence-electron chi connectivity index (χ4n) is 3.82. The van der Waals surface area contributed by atoms with Gasteiger partial charge in [-0.2, -0.15) is 0 Å². The SMILES string of the molecule is CC(C(=O)N1CCC(c2nc3ccccc3s2)CC1)C(N)c1ccccc1.Cl.Cl. The summed E-state index contributed by atoms with van der Waals surface area (Å²) in [4.78, 5) is 19.7. The Morgan fingerprint density at radius 3 is 2.34 bits per heavy atom. The highest BCUT2D eigenvalue weighted by atomic mass is 35.5. The van der Waals surface area contributed by atoms with Crippen molar-refractivity contribution in [3.8, 4) is 0 Å². The molecule has 156 valence electrons. The molecule has 1 aliphatic rings. The van der Waals surface area contributed by atoms with E-state index in [2.05, 4.69) is 18.2 Å². The number of thiazole rings is 1. The molecule has 1 amide bonds. The van der Waals surface area contributed by atoms with E-state index in [0.717, 1.165) is 37.0 Å². The van der Waals surface area contributed by atoms with Gasteiger partial charge in [-0.3, -0.25) is 4.79 Å². The van der Waals surface area contributed by atoms with Crippen LogP contribution in [-0.4, -0.2) is 28.9 Å². The molecule has 2 N–H and O–H groups in total. The number of carbonyl (C=O) groups is 1. The molecule has 4 nitrogen and oxygen atoms in total. The van der Waals surface area contributed by atoms with Crippen LogP contribution in [0.15, 0.2) is 54.6 Å². The van der Waals surface area contributed by atoms with E-state index < -0.39 is 0 Å². The van der Waals surface area contributed by atoms with Crippen molar-refractivity contribution in [3.63, 3.8) is 0 Å². The first-order valence-corrected chi connectivity index (χ1v) is 10.4. The number of carbonyl (C=O) groups excluding carboxylic acids is 1. The van der Waals surface area contributed by atoms with Crippen LogP contribution in [0.1, 0.15) is 42.3 Å². The van der Waals surface area contributed by atoms with E-state index in [-0.39, 0.29) is 42.7 Å². The molecule has 0 radical (unpaired) electrons. The normalized spacial score (nSPS) is 16.6. The van der Waals surface area contributed by atoms with E-state index in [9.17, 15) is 4.79 Å². The number of rotatable bonds is 4. The monoisotopic (exact) mass is 451 g/mol. The van der Waals surface area contributed by atoms with Crippen molar-refractivity contribution in [2.45, 2.75) is 31.7 Å². The minimum absolute atomic E-state index is 0. The second kappa shape index (κ2) is 10.4. The van der Waals surface area contributed by atoms with Crippen LogP contribution in [0.4, 0.5) is 0 Å². The largest absolute Gasteiger partial charge is 0.342 e. The molecule has 7 heteroatoms. The average Bonchev–Trinajstić information content (AvgIpc) is 3.17. The van der Waals surface area contributed by atoms with Gasteiger partial charge >= 0.3 is 0 Å². The summed E-state index contributed by atoms with van der Waals surface area (Å²) in [5.74, 6) is 0.394. The van der Waals surface area contributed by atoms with Crippen LogP contribution in [0.5, 0.6) is 0 Å². The van der Waals surface area contributed by atoms with Gasteiger partial charge < -0.3 is 10.6 Å². The second-order valence-corrected chi connectivity index (χ2v) is 8.41. The number of nitrogens with two attached hydrogens (primary N) is 1. The number of hydrogen-bond donors (Lipinski definition) is 1. The van der Waals surface area contributed by atoms with E-state index >= 15 is 0 Å². The summed E-state index contributed by atoms with van der Waals surface area (Å²) < 4.78 is 1.24. The van der Waals surface area contributed by atoms with Gasteiger partial charge in [-0.1, -0.05) is 49.4 Å². The highest BCUT2D eigenvalue weighted by molar-refractivity contribution is 7.18. The van der Waals surface area contributed by atoms with E-state index in [1.165, 1.54) is 9.71 Å². The van der Waals surface area contributed by atoms with Crippen molar-refractivity contribution < 1.29 is 4.79 Å². The van der Waals surface area contributed by atoms with E-state index in [1.54, 1.807) is 11.3 Å². The van der Waals surface area contributed by atoms with Crippen molar-refractivity contribution in [1.82, 2.24) is 9.88 Å². The Labute approximate surface area is 188 Å². The molecule has 0 spiro atoms. The van der Waals surface area contributed by atoms with E-state index in [4.69, 9.17) is 10.7 Å². The standard InChI is InChI=1S/C22H25N3OS.2ClH/c1-15(20(23)16-7-3-2-4-8-16)22(26)25-13-11-17(12-14-25)21-24-18-9-5-6-10-19(18)27-21;;/h2-10,15,17,20H,11-14,23H2,1H3;2*1H. The van der Waals surface area contributed by atoms with E-state index in [1.807, 2.05) is 48.2 Å². The number of para-hydroxylation sites is 1. The number of halogens is 2. The van der Waals surface area contributed by atoms with Gasteiger partial charge in [0.15, 0.2) is 0 Å². The molecule has 0 saturated carbocycles. The molecule has 0 bridgehead atoms. The lowest BCUT2D eigenvalue weighted by Gasteiger charge is -2.34. The highest BCUT2D eigenvalue weighted by Gasteiger charge is 2.30. The van der Waals surface area contributed by atoms with Gasteiger partial charge in [0, 0.05) is 25.0 Å². The van der Waals surface area contributed by atoms with Crippen LogP contribution < -0.4 is 5.73 Å². The number of nitrogens with zero attached hydrogens (tertiary/aromatic N) is 2. The Balaban J connectivity index is 0.00000150. The van der Waals surface area contributed by atoms with Crippen molar-refractivity contribution in [3.05, 3.63) is 65.2 Å². The van der Waals surface area contributed by atoms with Crippen LogP contribution >= 0.6 is 36.2 Å². The fraction of sp³-hybridized carbons (Fsp3) is 0.364. The predicted molar refractivity (Wildman–Crippen MR) is 125 cm³/mol. The molecule has 0 aliphatic carbocycles. The third-order valence-electron chi connectivity index (χ3n) is 5.58. The van der Waals surface area contributed by atoms with Crippen molar-refractivity contribution in [2.24, 2.45) is 11.7 Å². The van der Waals surface area contributed by atoms with Crippen molar-refractivity contribution >= 4 is 52.3 Å². The molecular weight excluding hydrogens is 425 g/mol. The summed E-state index contributed by atoms with van der Waals surface area (Å²) in [7, 11) is 0. The molecule has 29 heavy (non-hydrogen) atoms. The number of hydrogen-bond acceptors (Lipinski definition) is 4. The van der Waals surface area contributed by atoms with E-state index in [0.29, 0.717) is 5.92 Å². The molecule has 2 unspecified atom stereocenters. The molecular formula is C22H27Cl2N3OS. The lowest BCUT2D eigenvalue weighted by atomic mass is 9.92. The Hall–Kier alpha value is -1.66. The molecule has 3 aromatic rings. The predicted octanol–water partition coefficient (Wildman–Crippen LogP) is 5.18. The summed E-state index contributed by atoms with van der Waals surface area (Å²) in [5, 5.41) is 1.21. The van der Waals surface area contributed by atoms with Gasteiger partial charge in [-0.05, 0) is 30.5 Å². The molecule has 2 heterocycles. The number of piperidine rings is 1. The third kappa shape index (κ3) is 5.10. The van der Waals surface area contributed by atoms with Gasteiger partial charge in [0.2, 0.25) is 5.91 Å². The lowest BCUT2D eigenvalue weighted by Crippen LogP contribution is -2.43. The second-order valence-electron chi connectivity index (χ2n) is 7.34. The molecule has 2 aromatic carbocycles. The number of fused-ring (bicyclic) bond motifs is 1. The maximum absolute atomic E-state index is 12.9. The summed E-state index contributed by atoms with van der Waals surface area (Å²) in [5.41, 5.74) is 8.45. The molecule has 2 atom stereocenters. The van der Waals surface area contributed by atoms with Gasteiger partial charge in [0.05, 0.1) is 21.1 Å².